The normalized spacial score (nSPS) is 21.5. The van der Waals surface area contributed by atoms with E-state index in [0.717, 1.165) is 18.5 Å². The molecule has 2 aromatic rings. The molecule has 10 heteroatoms. The summed E-state index contributed by atoms with van der Waals surface area (Å²) < 4.78 is 12.0. The first-order chi connectivity index (χ1) is 17.3. The van der Waals surface area contributed by atoms with E-state index >= 15 is 0 Å². The van der Waals surface area contributed by atoms with Gasteiger partial charge in [-0.05, 0) is 31.4 Å². The first kappa shape index (κ1) is 27.3. The summed E-state index contributed by atoms with van der Waals surface area (Å²) in [5.74, 6) is 0.426. The van der Waals surface area contributed by atoms with E-state index in [9.17, 15) is 9.59 Å². The van der Waals surface area contributed by atoms with Crippen LogP contribution in [0.3, 0.4) is 0 Å². The average molecular weight is 499 g/mol. The fourth-order valence-corrected chi connectivity index (χ4v) is 4.20. The number of methoxy groups -OCH3 is 1. The second-order valence-corrected chi connectivity index (χ2v) is 9.37. The molecule has 1 aliphatic heterocycles. The summed E-state index contributed by atoms with van der Waals surface area (Å²) in [6, 6.07) is 4.85. The summed E-state index contributed by atoms with van der Waals surface area (Å²) in [5.41, 5.74) is 2.00. The molecule has 0 unspecified atom stereocenters. The molecule has 3 atom stereocenters. The topological polar surface area (TPSA) is 109 Å². The molecule has 3 amide bonds. The van der Waals surface area contributed by atoms with E-state index in [1.165, 1.54) is 6.33 Å². The number of hydrogen-bond donors (Lipinski definition) is 2. The predicted octanol–water partition coefficient (Wildman–Crippen LogP) is 3.01. The molecule has 3 rings (SSSR count). The van der Waals surface area contributed by atoms with Gasteiger partial charge >= 0.3 is 6.03 Å². The number of ether oxygens (including phenoxy) is 2. The van der Waals surface area contributed by atoms with Gasteiger partial charge in [0.05, 0.1) is 11.7 Å². The van der Waals surface area contributed by atoms with Crippen molar-refractivity contribution in [3.05, 3.63) is 48.0 Å². The number of urea groups is 1. The van der Waals surface area contributed by atoms with E-state index in [0.29, 0.717) is 43.2 Å². The highest BCUT2D eigenvalue weighted by molar-refractivity contribution is 5.98. The number of carbonyl (C=O) groups excluding carboxylic acids is 2. The van der Waals surface area contributed by atoms with Gasteiger partial charge in [-0.1, -0.05) is 13.8 Å². The Balaban J connectivity index is 1.90. The summed E-state index contributed by atoms with van der Waals surface area (Å²) in [6.45, 7) is 8.99. The minimum absolute atomic E-state index is 0.0229. The van der Waals surface area contributed by atoms with Crippen molar-refractivity contribution in [1.82, 2.24) is 25.1 Å². The van der Waals surface area contributed by atoms with Crippen molar-refractivity contribution in [3.63, 3.8) is 0 Å². The first-order valence-electron chi connectivity index (χ1n) is 12.4. The number of nitrogens with zero attached hydrogens (tertiary/aromatic N) is 4. The Bertz CT molecular complexity index is 1010. The Hall–Kier alpha value is -3.24. The molecule has 0 spiro atoms. The molecule has 0 saturated heterocycles. The number of rotatable bonds is 6. The molecule has 0 radical (unpaired) electrons. The minimum Gasteiger partial charge on any atom is -0.491 e. The van der Waals surface area contributed by atoms with Crippen molar-refractivity contribution in [1.29, 1.82) is 0 Å². The third-order valence-electron chi connectivity index (χ3n) is 6.37. The maximum atomic E-state index is 13.3. The predicted molar refractivity (Wildman–Crippen MR) is 138 cm³/mol. The van der Waals surface area contributed by atoms with E-state index in [-0.39, 0.29) is 30.0 Å². The molecule has 1 aromatic heterocycles. The number of benzene rings is 1. The zero-order chi connectivity index (χ0) is 26.1. The van der Waals surface area contributed by atoms with Crippen molar-refractivity contribution >= 4 is 17.6 Å². The number of nitrogens with one attached hydrogen (secondary N) is 2. The monoisotopic (exact) mass is 498 g/mol. The Morgan fingerprint density at radius 2 is 1.97 bits per heavy atom. The van der Waals surface area contributed by atoms with Gasteiger partial charge in [0.15, 0.2) is 0 Å². The van der Waals surface area contributed by atoms with Crippen LogP contribution in [0.15, 0.2) is 36.9 Å². The third-order valence-corrected chi connectivity index (χ3v) is 6.37. The van der Waals surface area contributed by atoms with Gasteiger partial charge in [-0.25, -0.2) is 14.8 Å². The van der Waals surface area contributed by atoms with Crippen LogP contribution in [-0.4, -0.2) is 84.3 Å². The number of carbonyl (C=O) groups is 2. The Kier molecular flexibility index (Phi) is 10.0. The zero-order valence-electron chi connectivity index (χ0n) is 21.9. The maximum Gasteiger partial charge on any atom is 0.319 e. The number of fused-ring (bicyclic) bond motifs is 1. The van der Waals surface area contributed by atoms with Gasteiger partial charge in [0.25, 0.3) is 5.91 Å². The Labute approximate surface area is 213 Å². The smallest absolute Gasteiger partial charge is 0.319 e. The average Bonchev–Trinajstić information content (AvgIpc) is 2.88. The van der Waals surface area contributed by atoms with Gasteiger partial charge in [-0.3, -0.25) is 9.69 Å². The van der Waals surface area contributed by atoms with E-state index in [1.807, 2.05) is 19.3 Å². The number of hydrogen-bond acceptors (Lipinski definition) is 7. The van der Waals surface area contributed by atoms with E-state index < -0.39 is 0 Å². The molecule has 196 valence electrons. The molecule has 2 heterocycles. The molecule has 0 saturated carbocycles. The fraction of sp³-hybridized carbons (Fsp3) is 0.538. The van der Waals surface area contributed by atoms with Gasteiger partial charge in [0, 0.05) is 76.1 Å². The lowest BCUT2D eigenvalue weighted by molar-refractivity contribution is 0.00918. The Morgan fingerprint density at radius 3 is 2.67 bits per heavy atom. The fourth-order valence-electron chi connectivity index (χ4n) is 4.20. The highest BCUT2D eigenvalue weighted by Gasteiger charge is 2.28. The Morgan fingerprint density at radius 1 is 1.22 bits per heavy atom. The van der Waals surface area contributed by atoms with Gasteiger partial charge in [-0.2, -0.15) is 0 Å². The molecular weight excluding hydrogens is 460 g/mol. The SMILES string of the molecule is CCCNC(=O)Nc1ccc2c(c1)OC[C@H](C)N(Cc1cncnc1)C[C@@H](C)[C@H](OC)CN(C)C2=O. The van der Waals surface area contributed by atoms with Crippen LogP contribution in [0.25, 0.3) is 0 Å². The lowest BCUT2D eigenvalue weighted by Gasteiger charge is -2.36. The summed E-state index contributed by atoms with van der Waals surface area (Å²) in [4.78, 5) is 37.8. The van der Waals surface area contributed by atoms with Gasteiger partial charge in [0.2, 0.25) is 0 Å². The summed E-state index contributed by atoms with van der Waals surface area (Å²) in [6.07, 6.45) is 5.85. The molecule has 1 aromatic carbocycles. The van der Waals surface area contributed by atoms with Crippen LogP contribution in [0.4, 0.5) is 10.5 Å². The number of anilines is 1. The summed E-state index contributed by atoms with van der Waals surface area (Å²) in [5, 5.41) is 5.60. The molecule has 2 N–H and O–H groups in total. The zero-order valence-corrected chi connectivity index (χ0v) is 21.9. The van der Waals surface area contributed by atoms with Crippen LogP contribution < -0.4 is 15.4 Å². The highest BCUT2D eigenvalue weighted by Crippen LogP contribution is 2.27. The van der Waals surface area contributed by atoms with E-state index in [4.69, 9.17) is 9.47 Å². The van der Waals surface area contributed by atoms with Crippen molar-refractivity contribution in [3.8, 4) is 5.75 Å². The van der Waals surface area contributed by atoms with Crippen molar-refractivity contribution in [2.24, 2.45) is 5.92 Å². The maximum absolute atomic E-state index is 13.3. The van der Waals surface area contributed by atoms with Crippen LogP contribution >= 0.6 is 0 Å². The highest BCUT2D eigenvalue weighted by atomic mass is 16.5. The number of likely N-dealkylation sites (N-methyl/N-ethyl adjacent to an activating group) is 1. The van der Waals surface area contributed by atoms with Gasteiger partial charge < -0.3 is 25.0 Å². The van der Waals surface area contributed by atoms with Crippen molar-refractivity contribution in [2.45, 2.75) is 45.9 Å². The second-order valence-electron chi connectivity index (χ2n) is 9.37. The van der Waals surface area contributed by atoms with Crippen LogP contribution in [0.5, 0.6) is 5.75 Å². The van der Waals surface area contributed by atoms with E-state index in [2.05, 4.69) is 39.3 Å². The van der Waals surface area contributed by atoms with Crippen LogP contribution in [0.1, 0.15) is 43.1 Å². The molecule has 0 bridgehead atoms. The summed E-state index contributed by atoms with van der Waals surface area (Å²) in [7, 11) is 3.45. The lowest BCUT2D eigenvalue weighted by atomic mass is 10.0. The quantitative estimate of drug-likeness (QED) is 0.630. The third kappa shape index (κ3) is 7.38. The summed E-state index contributed by atoms with van der Waals surface area (Å²) >= 11 is 0. The number of aromatic nitrogens is 2. The second kappa shape index (κ2) is 13.2. The molecule has 0 fully saturated rings. The lowest BCUT2D eigenvalue weighted by Crippen LogP contribution is -2.46. The molecule has 1 aliphatic rings. The molecule has 36 heavy (non-hydrogen) atoms. The standard InChI is InChI=1S/C26H38N6O4/c1-6-9-29-26(34)30-21-7-8-22-23(10-21)36-16-19(3)32(14-20-11-27-17-28-12-20)13-18(2)24(35-5)15-31(4)25(22)33/h7-8,10-12,17-19,24H,6,9,13-16H2,1-5H3,(H2,29,30,34)/t18-,19+,24-/m1/s1. The number of amides is 3. The van der Waals surface area contributed by atoms with Gasteiger partial charge in [-0.15, -0.1) is 0 Å². The first-order valence-corrected chi connectivity index (χ1v) is 12.4. The van der Waals surface area contributed by atoms with Crippen LogP contribution in [0, 0.1) is 5.92 Å². The van der Waals surface area contributed by atoms with Crippen LogP contribution in [0.2, 0.25) is 0 Å². The van der Waals surface area contributed by atoms with Crippen LogP contribution in [-0.2, 0) is 11.3 Å². The van der Waals surface area contributed by atoms with Crippen molar-refractivity contribution in [2.75, 3.05) is 45.7 Å². The van der Waals surface area contributed by atoms with E-state index in [1.54, 1.807) is 37.3 Å². The largest absolute Gasteiger partial charge is 0.491 e. The molecular formula is C26H38N6O4. The van der Waals surface area contributed by atoms with Gasteiger partial charge in [0.1, 0.15) is 18.7 Å². The molecule has 0 aliphatic carbocycles. The minimum atomic E-state index is -0.296. The molecule has 10 nitrogen and oxygen atoms in total. The van der Waals surface area contributed by atoms with Crippen molar-refractivity contribution < 1.29 is 19.1 Å².